The van der Waals surface area contributed by atoms with Crippen LogP contribution in [0, 0.1) is 40.4 Å². The van der Waals surface area contributed by atoms with E-state index >= 15 is 0 Å². The van der Waals surface area contributed by atoms with Crippen molar-refractivity contribution < 1.29 is 14.7 Å². The molecule has 0 heterocycles. The molecule has 0 aliphatic heterocycles. The van der Waals surface area contributed by atoms with Gasteiger partial charge in [0.05, 0.1) is 12.1 Å². The molecule has 0 radical (unpaired) electrons. The molecule has 6 heteroatoms. The van der Waals surface area contributed by atoms with Gasteiger partial charge in [-0.05, 0) is 106 Å². The van der Waals surface area contributed by atoms with E-state index in [-0.39, 0.29) is 23.7 Å². The molecule has 8 atom stereocenters. The highest BCUT2D eigenvalue weighted by Gasteiger charge is 2.61. The minimum absolute atomic E-state index is 0.0348. The van der Waals surface area contributed by atoms with Crippen molar-refractivity contribution in [2.45, 2.75) is 91.1 Å². The summed E-state index contributed by atoms with van der Waals surface area (Å²) in [4.78, 5) is 24.8. The van der Waals surface area contributed by atoms with Gasteiger partial charge in [-0.3, -0.25) is 14.6 Å². The van der Waals surface area contributed by atoms with E-state index in [1.54, 1.807) is 6.92 Å². The third kappa shape index (κ3) is 4.17. The van der Waals surface area contributed by atoms with Gasteiger partial charge < -0.3 is 10.8 Å². The van der Waals surface area contributed by atoms with Crippen LogP contribution in [0.4, 0.5) is 0 Å². The maximum atomic E-state index is 13.4. The third-order valence-electron chi connectivity index (χ3n) is 10.6. The van der Waals surface area contributed by atoms with Crippen LogP contribution in [0.5, 0.6) is 0 Å². The van der Waals surface area contributed by atoms with Crippen LogP contribution in [0.1, 0.15) is 85.5 Å². The van der Waals surface area contributed by atoms with Crippen molar-refractivity contribution in [3.05, 3.63) is 11.8 Å². The van der Waals surface area contributed by atoms with Crippen LogP contribution >= 0.6 is 0 Å². The van der Waals surface area contributed by atoms with Gasteiger partial charge in [-0.1, -0.05) is 13.8 Å². The van der Waals surface area contributed by atoms with Crippen LogP contribution in [0.25, 0.3) is 0 Å². The van der Waals surface area contributed by atoms with E-state index < -0.39 is 11.5 Å². The van der Waals surface area contributed by atoms with Crippen molar-refractivity contribution in [1.82, 2.24) is 5.01 Å². The van der Waals surface area contributed by atoms with Crippen molar-refractivity contribution in [3.8, 4) is 0 Å². The monoisotopic (exact) mass is 457 g/mol. The Bertz CT molecular complexity index is 852. The number of primary amides is 1. The Balaban J connectivity index is 1.49. The van der Waals surface area contributed by atoms with Crippen LogP contribution in [0.3, 0.4) is 0 Å². The zero-order valence-corrected chi connectivity index (χ0v) is 21.0. The second-order valence-electron chi connectivity index (χ2n) is 12.4. The summed E-state index contributed by atoms with van der Waals surface area (Å²) in [5, 5.41) is 16.1. The quantitative estimate of drug-likeness (QED) is 0.354. The maximum absolute atomic E-state index is 13.4. The summed E-state index contributed by atoms with van der Waals surface area (Å²) >= 11 is 0. The lowest BCUT2D eigenvalue weighted by Gasteiger charge is -2.61. The normalized spacial score (nSPS) is 44.9. The van der Waals surface area contributed by atoms with Crippen molar-refractivity contribution in [2.75, 3.05) is 6.54 Å². The summed E-state index contributed by atoms with van der Waals surface area (Å²) in [5.41, 5.74) is 5.57. The molecule has 6 nitrogen and oxygen atoms in total. The average molecular weight is 458 g/mol. The molecule has 0 saturated heterocycles. The van der Waals surface area contributed by atoms with Crippen LogP contribution < -0.4 is 5.73 Å². The van der Waals surface area contributed by atoms with Gasteiger partial charge in [0.1, 0.15) is 0 Å². The molecule has 4 fully saturated rings. The molecule has 1 amide bonds. The zero-order valence-electron chi connectivity index (χ0n) is 21.0. The minimum Gasteiger partial charge on any atom is -0.390 e. The Kier molecular flexibility index (Phi) is 6.30. The number of hydrogen-bond donors (Lipinski definition) is 2. The first kappa shape index (κ1) is 24.4. The Labute approximate surface area is 199 Å². The molecule has 4 saturated carbocycles. The van der Waals surface area contributed by atoms with Crippen molar-refractivity contribution in [3.63, 3.8) is 0 Å². The van der Waals surface area contributed by atoms with E-state index in [4.69, 9.17) is 5.73 Å². The van der Waals surface area contributed by atoms with Crippen LogP contribution in [-0.2, 0) is 9.59 Å². The average Bonchev–Trinajstić information content (AvgIpc) is 3.10. The fourth-order valence-corrected chi connectivity index (χ4v) is 8.65. The number of amides is 1. The molecule has 4 rings (SSSR count). The number of fused-ring (bicyclic) bond motifs is 5. The third-order valence-corrected chi connectivity index (χ3v) is 10.6. The van der Waals surface area contributed by atoms with Gasteiger partial charge in [0, 0.05) is 24.4 Å². The Morgan fingerprint density at radius 2 is 1.76 bits per heavy atom. The Morgan fingerprint density at radius 3 is 2.42 bits per heavy atom. The van der Waals surface area contributed by atoms with Crippen molar-refractivity contribution in [2.24, 2.45) is 51.3 Å². The highest BCUT2D eigenvalue weighted by molar-refractivity contribution is 5.91. The first-order valence-corrected chi connectivity index (χ1v) is 12.9. The summed E-state index contributed by atoms with van der Waals surface area (Å²) in [6.45, 7) is 12.2. The fourth-order valence-electron chi connectivity index (χ4n) is 8.65. The molecule has 0 spiro atoms. The molecule has 33 heavy (non-hydrogen) atoms. The Hall–Kier alpha value is -1.69. The number of hydrazone groups is 1. The van der Waals surface area contributed by atoms with Crippen LogP contribution in [0.15, 0.2) is 16.9 Å². The number of carbonyl (C=O) groups is 2. The van der Waals surface area contributed by atoms with E-state index in [1.807, 2.05) is 6.92 Å². The molecule has 0 aromatic heterocycles. The number of aliphatic hydroxyl groups is 1. The summed E-state index contributed by atoms with van der Waals surface area (Å²) < 4.78 is 0. The van der Waals surface area contributed by atoms with E-state index in [0.717, 1.165) is 38.5 Å². The van der Waals surface area contributed by atoms with E-state index in [1.165, 1.54) is 30.5 Å². The van der Waals surface area contributed by atoms with Gasteiger partial charge in [-0.15, -0.1) is 0 Å². The molecule has 0 aromatic carbocycles. The number of nitrogens with zero attached hydrogens (tertiary/aromatic N) is 2. The Morgan fingerprint density at radius 1 is 1.06 bits per heavy atom. The van der Waals surface area contributed by atoms with Gasteiger partial charge in [0.15, 0.2) is 5.78 Å². The lowest BCUT2D eigenvalue weighted by Crippen LogP contribution is -2.55. The summed E-state index contributed by atoms with van der Waals surface area (Å²) in [6, 6.07) is 0. The van der Waals surface area contributed by atoms with Gasteiger partial charge in [-0.25, -0.2) is 0 Å². The number of rotatable bonds is 6. The van der Waals surface area contributed by atoms with Gasteiger partial charge in [-0.2, -0.15) is 5.10 Å². The number of ketones is 1. The molecule has 0 aromatic rings. The summed E-state index contributed by atoms with van der Waals surface area (Å²) in [5.74, 6) is 2.34. The first-order valence-electron chi connectivity index (χ1n) is 12.9. The molecular weight excluding hydrogens is 414 g/mol. The number of carbonyl (C=O) groups excluding carboxylic acids is 2. The molecule has 0 unspecified atom stereocenters. The van der Waals surface area contributed by atoms with Gasteiger partial charge >= 0.3 is 0 Å². The molecule has 0 bridgehead atoms. The summed E-state index contributed by atoms with van der Waals surface area (Å²) in [7, 11) is 0. The van der Waals surface area contributed by atoms with Gasteiger partial charge in [0.2, 0.25) is 5.91 Å². The SMILES string of the molecule is C=NN(/C=C(\C)C(N)=O)CC(=O)[C@H]1CC[C@H]2[C@@H]3CC[C@H]4C[C@](C)(O)CC[C@]4(C)[C@H]3CC[C@]12C. The first-order chi connectivity index (χ1) is 15.4. The zero-order chi connectivity index (χ0) is 24.2. The van der Waals surface area contributed by atoms with Crippen LogP contribution in [0.2, 0.25) is 0 Å². The lowest BCUT2D eigenvalue weighted by molar-refractivity contribution is -0.150. The fraction of sp³-hybridized carbons (Fsp3) is 0.815. The number of hydrogen-bond acceptors (Lipinski definition) is 5. The predicted octanol–water partition coefficient (Wildman–Crippen LogP) is 4.27. The minimum atomic E-state index is -0.518. The maximum Gasteiger partial charge on any atom is 0.245 e. The highest BCUT2D eigenvalue weighted by atomic mass is 16.3. The number of nitrogens with two attached hydrogens (primary N) is 1. The number of Topliss-reactive ketones (excluding diaryl/α,β-unsaturated/α-hetero) is 1. The van der Waals surface area contributed by atoms with Crippen LogP contribution in [-0.4, -0.2) is 40.7 Å². The molecule has 184 valence electrons. The molecule has 4 aliphatic carbocycles. The van der Waals surface area contributed by atoms with Crippen molar-refractivity contribution >= 4 is 18.4 Å². The van der Waals surface area contributed by atoms with E-state index in [9.17, 15) is 14.7 Å². The smallest absolute Gasteiger partial charge is 0.245 e. The highest BCUT2D eigenvalue weighted by Crippen LogP contribution is 2.68. The summed E-state index contributed by atoms with van der Waals surface area (Å²) in [6.07, 6.45) is 11.3. The van der Waals surface area contributed by atoms with Gasteiger partial charge in [0.25, 0.3) is 0 Å². The second-order valence-corrected chi connectivity index (χ2v) is 12.4. The largest absolute Gasteiger partial charge is 0.390 e. The van der Waals surface area contributed by atoms with E-state index in [0.29, 0.717) is 34.7 Å². The van der Waals surface area contributed by atoms with Crippen molar-refractivity contribution in [1.29, 1.82) is 0 Å². The predicted molar refractivity (Wildman–Crippen MR) is 130 cm³/mol. The van der Waals surface area contributed by atoms with E-state index in [2.05, 4.69) is 25.7 Å². The molecule has 4 aliphatic rings. The molecular formula is C27H43N3O3. The topological polar surface area (TPSA) is 96.0 Å². The standard InChI is InChI=1S/C27H43N3O3/c1-17(24(28)32)15-30(29-5)16-23(31)22-9-8-20-19-7-6-18-14-25(2,33)12-13-26(18,3)21(19)10-11-27(20,22)4/h15,18-22,33H,5-14,16H2,1-4H3,(H2,28,32)/b17-15+/t18-,19-,20-,21-,22+,25+,26-,27-/m0/s1. The lowest BCUT2D eigenvalue weighted by atomic mass is 9.44. The second kappa shape index (κ2) is 8.51. The molecule has 3 N–H and O–H groups in total.